The maximum atomic E-state index is 11.7. The molecule has 1 atom stereocenters. The lowest BCUT2D eigenvalue weighted by atomic mass is 10.0. The van der Waals surface area contributed by atoms with Gasteiger partial charge in [-0.25, -0.2) is 0 Å². The van der Waals surface area contributed by atoms with E-state index in [0.717, 1.165) is 18.4 Å². The lowest BCUT2D eigenvalue weighted by Crippen LogP contribution is -2.30. The topological polar surface area (TPSA) is 55.1 Å². The number of nitrogens with one attached hydrogen (secondary N) is 1. The van der Waals surface area contributed by atoms with E-state index in [9.17, 15) is 4.79 Å². The quantitative estimate of drug-likeness (QED) is 0.810. The summed E-state index contributed by atoms with van der Waals surface area (Å²) in [6, 6.07) is 6.34. The van der Waals surface area contributed by atoms with E-state index >= 15 is 0 Å². The molecule has 1 aromatic rings. The summed E-state index contributed by atoms with van der Waals surface area (Å²) in [5, 5.41) is 2.91. The monoisotopic (exact) mass is 248 g/mol. The molecule has 100 valence electrons. The van der Waals surface area contributed by atoms with Crippen molar-refractivity contribution in [3.05, 3.63) is 34.9 Å². The van der Waals surface area contributed by atoms with Gasteiger partial charge in [0.1, 0.15) is 0 Å². The maximum absolute atomic E-state index is 11.7. The number of aryl methyl sites for hydroxylation is 2. The van der Waals surface area contributed by atoms with Crippen LogP contribution >= 0.6 is 0 Å². The Bertz CT molecular complexity index is 401. The van der Waals surface area contributed by atoms with Gasteiger partial charge in [-0.2, -0.15) is 0 Å². The summed E-state index contributed by atoms with van der Waals surface area (Å²) in [5.74, 6) is 0.0709. The van der Waals surface area contributed by atoms with Crippen molar-refractivity contribution in [1.82, 2.24) is 5.32 Å². The molecular formula is C15H24N2O. The van der Waals surface area contributed by atoms with Crippen LogP contribution in [0.15, 0.2) is 18.2 Å². The van der Waals surface area contributed by atoms with Crippen molar-refractivity contribution >= 4 is 5.91 Å². The van der Waals surface area contributed by atoms with Gasteiger partial charge < -0.3 is 11.1 Å². The molecule has 0 heterocycles. The molecule has 1 rings (SSSR count). The first-order valence-corrected chi connectivity index (χ1v) is 6.61. The molecule has 3 N–H and O–H groups in total. The fourth-order valence-corrected chi connectivity index (χ4v) is 1.76. The Kier molecular flexibility index (Phi) is 5.86. The second kappa shape index (κ2) is 7.17. The Morgan fingerprint density at radius 3 is 2.67 bits per heavy atom. The standard InChI is InChI=1S/C15H24N2O/c1-4-14(16)7-8-17-15(18)10-13-6-5-11(2)12(3)9-13/h5-6,9,14H,4,7-8,10,16H2,1-3H3,(H,17,18). The lowest BCUT2D eigenvalue weighted by Gasteiger charge is -2.10. The summed E-state index contributed by atoms with van der Waals surface area (Å²) >= 11 is 0. The number of nitrogens with two attached hydrogens (primary N) is 1. The second-order valence-corrected chi connectivity index (χ2v) is 4.90. The first kappa shape index (κ1) is 14.7. The lowest BCUT2D eigenvalue weighted by molar-refractivity contribution is -0.120. The summed E-state index contributed by atoms with van der Waals surface area (Å²) in [4.78, 5) is 11.7. The summed E-state index contributed by atoms with van der Waals surface area (Å²) in [6.45, 7) is 6.86. The molecule has 0 saturated heterocycles. The molecule has 3 heteroatoms. The first-order chi connectivity index (χ1) is 8.52. The molecule has 0 aliphatic carbocycles. The van der Waals surface area contributed by atoms with Crippen LogP contribution in [0.2, 0.25) is 0 Å². The van der Waals surface area contributed by atoms with Crippen molar-refractivity contribution in [3.63, 3.8) is 0 Å². The molecule has 0 bridgehead atoms. The molecule has 0 spiro atoms. The fourth-order valence-electron chi connectivity index (χ4n) is 1.76. The van der Waals surface area contributed by atoms with Gasteiger partial charge in [-0.15, -0.1) is 0 Å². The van der Waals surface area contributed by atoms with Crippen molar-refractivity contribution in [2.45, 2.75) is 46.1 Å². The largest absolute Gasteiger partial charge is 0.356 e. The SMILES string of the molecule is CCC(N)CCNC(=O)Cc1ccc(C)c(C)c1. The van der Waals surface area contributed by atoms with Gasteiger partial charge in [0.25, 0.3) is 0 Å². The first-order valence-electron chi connectivity index (χ1n) is 6.61. The third kappa shape index (κ3) is 4.88. The van der Waals surface area contributed by atoms with Crippen molar-refractivity contribution in [3.8, 4) is 0 Å². The van der Waals surface area contributed by atoms with Gasteiger partial charge in [0.2, 0.25) is 5.91 Å². The molecule has 0 saturated carbocycles. The molecule has 1 aromatic carbocycles. The van der Waals surface area contributed by atoms with Crippen LogP contribution in [0.3, 0.4) is 0 Å². The number of amides is 1. The summed E-state index contributed by atoms with van der Waals surface area (Å²) < 4.78 is 0. The molecule has 3 nitrogen and oxygen atoms in total. The van der Waals surface area contributed by atoms with E-state index in [0.29, 0.717) is 13.0 Å². The van der Waals surface area contributed by atoms with Crippen LogP contribution in [0.25, 0.3) is 0 Å². The van der Waals surface area contributed by atoms with Crippen molar-refractivity contribution in [2.75, 3.05) is 6.54 Å². The zero-order valence-electron chi connectivity index (χ0n) is 11.6. The number of hydrogen-bond donors (Lipinski definition) is 2. The molecule has 0 aliphatic rings. The van der Waals surface area contributed by atoms with Gasteiger partial charge in [0.05, 0.1) is 6.42 Å². The van der Waals surface area contributed by atoms with Crippen molar-refractivity contribution in [1.29, 1.82) is 0 Å². The number of carbonyl (C=O) groups excluding carboxylic acids is 1. The van der Waals surface area contributed by atoms with Gasteiger partial charge in [-0.1, -0.05) is 25.1 Å². The van der Waals surface area contributed by atoms with Gasteiger partial charge in [-0.3, -0.25) is 4.79 Å². The van der Waals surface area contributed by atoms with Crippen LogP contribution in [0, 0.1) is 13.8 Å². The van der Waals surface area contributed by atoms with Crippen LogP contribution in [-0.4, -0.2) is 18.5 Å². The van der Waals surface area contributed by atoms with E-state index in [1.165, 1.54) is 11.1 Å². The van der Waals surface area contributed by atoms with Gasteiger partial charge in [-0.05, 0) is 43.4 Å². The molecular weight excluding hydrogens is 224 g/mol. The van der Waals surface area contributed by atoms with Crippen LogP contribution in [0.5, 0.6) is 0 Å². The molecule has 0 aliphatic heterocycles. The Morgan fingerprint density at radius 2 is 2.06 bits per heavy atom. The molecule has 0 aromatic heterocycles. The van der Waals surface area contributed by atoms with Crippen LogP contribution in [0.4, 0.5) is 0 Å². The minimum absolute atomic E-state index is 0.0709. The third-order valence-corrected chi connectivity index (χ3v) is 3.30. The Morgan fingerprint density at radius 1 is 1.33 bits per heavy atom. The highest BCUT2D eigenvalue weighted by Gasteiger charge is 2.05. The fraction of sp³-hybridized carbons (Fsp3) is 0.533. The molecule has 1 unspecified atom stereocenters. The zero-order chi connectivity index (χ0) is 13.5. The highest BCUT2D eigenvalue weighted by Crippen LogP contribution is 2.10. The number of carbonyl (C=O) groups is 1. The van der Waals surface area contributed by atoms with Gasteiger partial charge in [0, 0.05) is 12.6 Å². The zero-order valence-corrected chi connectivity index (χ0v) is 11.6. The van der Waals surface area contributed by atoms with Crippen molar-refractivity contribution in [2.24, 2.45) is 5.73 Å². The molecule has 1 amide bonds. The van der Waals surface area contributed by atoms with Crippen molar-refractivity contribution < 1.29 is 4.79 Å². The Balaban J connectivity index is 2.38. The number of benzene rings is 1. The predicted octanol–water partition coefficient (Wildman–Crippen LogP) is 2.09. The summed E-state index contributed by atoms with van der Waals surface area (Å²) in [5.41, 5.74) is 9.35. The minimum atomic E-state index is 0.0709. The van der Waals surface area contributed by atoms with Gasteiger partial charge in [0.15, 0.2) is 0 Å². The predicted molar refractivity (Wildman–Crippen MR) is 75.5 cm³/mol. The van der Waals surface area contributed by atoms with E-state index in [4.69, 9.17) is 5.73 Å². The second-order valence-electron chi connectivity index (χ2n) is 4.90. The Labute approximate surface area is 110 Å². The van der Waals surface area contributed by atoms with E-state index in [1.807, 2.05) is 6.07 Å². The smallest absolute Gasteiger partial charge is 0.224 e. The van der Waals surface area contributed by atoms with E-state index < -0.39 is 0 Å². The molecule has 0 radical (unpaired) electrons. The third-order valence-electron chi connectivity index (χ3n) is 3.30. The van der Waals surface area contributed by atoms with Crippen LogP contribution < -0.4 is 11.1 Å². The molecule has 0 fully saturated rings. The van der Waals surface area contributed by atoms with Gasteiger partial charge >= 0.3 is 0 Å². The Hall–Kier alpha value is -1.35. The van der Waals surface area contributed by atoms with E-state index in [2.05, 4.69) is 38.2 Å². The minimum Gasteiger partial charge on any atom is -0.356 e. The summed E-state index contributed by atoms with van der Waals surface area (Å²) in [6.07, 6.45) is 2.24. The van der Waals surface area contributed by atoms with Crippen LogP contribution in [-0.2, 0) is 11.2 Å². The van der Waals surface area contributed by atoms with E-state index in [1.54, 1.807) is 0 Å². The highest BCUT2D eigenvalue weighted by molar-refractivity contribution is 5.78. The van der Waals surface area contributed by atoms with E-state index in [-0.39, 0.29) is 11.9 Å². The maximum Gasteiger partial charge on any atom is 0.224 e. The summed E-state index contributed by atoms with van der Waals surface area (Å²) in [7, 11) is 0. The normalized spacial score (nSPS) is 12.2. The van der Waals surface area contributed by atoms with Crippen LogP contribution in [0.1, 0.15) is 36.5 Å². The number of hydrogen-bond acceptors (Lipinski definition) is 2. The highest BCUT2D eigenvalue weighted by atomic mass is 16.1. The number of rotatable bonds is 6. The average Bonchev–Trinajstić information content (AvgIpc) is 2.33. The average molecular weight is 248 g/mol. The molecule has 18 heavy (non-hydrogen) atoms.